The first-order valence-electron chi connectivity index (χ1n) is 6.90. The van der Waals surface area contributed by atoms with Gasteiger partial charge >= 0.3 is 0 Å². The van der Waals surface area contributed by atoms with Gasteiger partial charge in [0, 0.05) is 31.3 Å². The van der Waals surface area contributed by atoms with Gasteiger partial charge < -0.3 is 14.7 Å². The highest BCUT2D eigenvalue weighted by molar-refractivity contribution is 6.32. The third-order valence-corrected chi connectivity index (χ3v) is 4.46. The number of pyridine rings is 1. The Morgan fingerprint density at radius 2 is 2.32 bits per heavy atom. The molecule has 2 aliphatic rings. The molecule has 0 radical (unpaired) electrons. The first kappa shape index (κ1) is 13.2. The van der Waals surface area contributed by atoms with Crippen molar-refractivity contribution >= 4 is 17.4 Å². The SMILES string of the molecule is OC1CCOCC1C1CCCN1c1ncccc1Cl. The summed E-state index contributed by atoms with van der Waals surface area (Å²) in [6.45, 7) is 2.24. The third-order valence-electron chi connectivity index (χ3n) is 4.17. The van der Waals surface area contributed by atoms with Crippen LogP contribution in [0.15, 0.2) is 18.3 Å². The van der Waals surface area contributed by atoms with Crippen LogP contribution < -0.4 is 4.90 Å². The van der Waals surface area contributed by atoms with Gasteiger partial charge in [-0.05, 0) is 31.4 Å². The molecular formula is C14H19ClN2O2. The molecule has 1 aromatic rings. The van der Waals surface area contributed by atoms with E-state index in [0.717, 1.165) is 31.6 Å². The van der Waals surface area contributed by atoms with Gasteiger partial charge in [0.05, 0.1) is 17.7 Å². The van der Waals surface area contributed by atoms with Crippen LogP contribution in [-0.2, 0) is 4.74 Å². The van der Waals surface area contributed by atoms with Crippen molar-refractivity contribution in [3.8, 4) is 0 Å². The highest BCUT2D eigenvalue weighted by Gasteiger charge is 2.38. The maximum absolute atomic E-state index is 10.2. The number of nitrogens with zero attached hydrogens (tertiary/aromatic N) is 2. The number of aromatic nitrogens is 1. The van der Waals surface area contributed by atoms with E-state index < -0.39 is 0 Å². The molecule has 104 valence electrons. The zero-order chi connectivity index (χ0) is 13.2. The molecule has 3 rings (SSSR count). The number of aliphatic hydroxyl groups is 1. The van der Waals surface area contributed by atoms with Crippen molar-refractivity contribution in [3.05, 3.63) is 23.4 Å². The molecular weight excluding hydrogens is 264 g/mol. The Morgan fingerprint density at radius 1 is 1.42 bits per heavy atom. The predicted molar refractivity (Wildman–Crippen MR) is 74.5 cm³/mol. The lowest BCUT2D eigenvalue weighted by molar-refractivity contribution is -0.0438. The molecule has 3 unspecified atom stereocenters. The van der Waals surface area contributed by atoms with Crippen LogP contribution >= 0.6 is 11.6 Å². The monoisotopic (exact) mass is 282 g/mol. The number of anilines is 1. The normalized spacial score (nSPS) is 31.7. The van der Waals surface area contributed by atoms with Gasteiger partial charge in [-0.3, -0.25) is 0 Å². The van der Waals surface area contributed by atoms with Gasteiger partial charge in [0.1, 0.15) is 5.82 Å². The second-order valence-electron chi connectivity index (χ2n) is 5.31. The number of aliphatic hydroxyl groups excluding tert-OH is 1. The van der Waals surface area contributed by atoms with Crippen molar-refractivity contribution in [1.29, 1.82) is 0 Å². The molecule has 5 heteroatoms. The lowest BCUT2D eigenvalue weighted by atomic mass is 9.89. The van der Waals surface area contributed by atoms with Crippen LogP contribution in [0.25, 0.3) is 0 Å². The minimum atomic E-state index is -0.276. The molecule has 19 heavy (non-hydrogen) atoms. The van der Waals surface area contributed by atoms with Crippen molar-refractivity contribution in [2.75, 3.05) is 24.7 Å². The summed E-state index contributed by atoms with van der Waals surface area (Å²) in [6.07, 6.45) is 4.40. The molecule has 2 aliphatic heterocycles. The summed E-state index contributed by atoms with van der Waals surface area (Å²) in [5, 5.41) is 10.9. The minimum absolute atomic E-state index is 0.161. The average Bonchev–Trinajstić information content (AvgIpc) is 2.89. The molecule has 0 aromatic carbocycles. The van der Waals surface area contributed by atoms with Crippen molar-refractivity contribution in [2.24, 2.45) is 5.92 Å². The van der Waals surface area contributed by atoms with E-state index >= 15 is 0 Å². The minimum Gasteiger partial charge on any atom is -0.393 e. The smallest absolute Gasteiger partial charge is 0.147 e. The molecule has 3 atom stereocenters. The summed E-state index contributed by atoms with van der Waals surface area (Å²) in [5.41, 5.74) is 0. The largest absolute Gasteiger partial charge is 0.393 e. The number of hydrogen-bond donors (Lipinski definition) is 1. The van der Waals surface area contributed by atoms with Gasteiger partial charge in [0.2, 0.25) is 0 Å². The summed E-state index contributed by atoms with van der Waals surface area (Å²) in [6, 6.07) is 3.99. The Labute approximate surface area is 118 Å². The van der Waals surface area contributed by atoms with Crippen LogP contribution in [0.4, 0.5) is 5.82 Å². The first-order chi connectivity index (χ1) is 9.27. The fourth-order valence-corrected chi connectivity index (χ4v) is 3.44. The van der Waals surface area contributed by atoms with E-state index in [2.05, 4.69) is 9.88 Å². The van der Waals surface area contributed by atoms with Crippen molar-refractivity contribution < 1.29 is 9.84 Å². The fraction of sp³-hybridized carbons (Fsp3) is 0.643. The maximum Gasteiger partial charge on any atom is 0.147 e. The van der Waals surface area contributed by atoms with Crippen molar-refractivity contribution in [2.45, 2.75) is 31.4 Å². The highest BCUT2D eigenvalue weighted by atomic mass is 35.5. The molecule has 0 amide bonds. The number of rotatable bonds is 2. The van der Waals surface area contributed by atoms with Gasteiger partial charge in [-0.1, -0.05) is 11.6 Å². The van der Waals surface area contributed by atoms with Crippen molar-refractivity contribution in [3.63, 3.8) is 0 Å². The molecule has 0 bridgehead atoms. The molecule has 1 N–H and O–H groups in total. The summed E-state index contributed by atoms with van der Waals surface area (Å²) in [5.74, 6) is 0.999. The second kappa shape index (κ2) is 5.65. The predicted octanol–water partition coefficient (Wildman–Crippen LogP) is 2.10. The Hall–Kier alpha value is -0.840. The Balaban J connectivity index is 1.83. The number of ether oxygens (including phenoxy) is 1. The standard InChI is InChI=1S/C14H19ClN2O2/c15-11-3-1-6-16-14(11)17-7-2-4-12(17)10-9-19-8-5-13(10)18/h1,3,6,10,12-13,18H,2,4-5,7-9H2. The van der Waals surface area contributed by atoms with E-state index in [1.807, 2.05) is 12.1 Å². The Kier molecular flexibility index (Phi) is 3.91. The quantitative estimate of drug-likeness (QED) is 0.902. The van der Waals surface area contributed by atoms with Crippen LogP contribution in [0.5, 0.6) is 0 Å². The third kappa shape index (κ3) is 2.57. The molecule has 2 saturated heterocycles. The van der Waals surface area contributed by atoms with Gasteiger partial charge in [-0.25, -0.2) is 4.98 Å². The van der Waals surface area contributed by atoms with Crippen LogP contribution in [0.1, 0.15) is 19.3 Å². The number of hydrogen-bond acceptors (Lipinski definition) is 4. The van der Waals surface area contributed by atoms with E-state index in [1.165, 1.54) is 0 Å². The molecule has 3 heterocycles. The summed E-state index contributed by atoms with van der Waals surface area (Å²) in [4.78, 5) is 6.64. The van der Waals surface area contributed by atoms with Gasteiger partial charge in [-0.2, -0.15) is 0 Å². The van der Waals surface area contributed by atoms with E-state index in [-0.39, 0.29) is 18.1 Å². The Bertz CT molecular complexity index is 443. The first-order valence-corrected chi connectivity index (χ1v) is 7.28. The van der Waals surface area contributed by atoms with Crippen LogP contribution in [0, 0.1) is 5.92 Å². The fourth-order valence-electron chi connectivity index (χ4n) is 3.21. The lowest BCUT2D eigenvalue weighted by Gasteiger charge is -2.37. The topological polar surface area (TPSA) is 45.6 Å². The average molecular weight is 283 g/mol. The molecule has 2 fully saturated rings. The van der Waals surface area contributed by atoms with Gasteiger partial charge in [-0.15, -0.1) is 0 Å². The van der Waals surface area contributed by atoms with Gasteiger partial charge in [0.25, 0.3) is 0 Å². The lowest BCUT2D eigenvalue weighted by Crippen LogP contribution is -2.46. The van der Waals surface area contributed by atoms with E-state index in [4.69, 9.17) is 16.3 Å². The zero-order valence-corrected chi connectivity index (χ0v) is 11.6. The zero-order valence-electron chi connectivity index (χ0n) is 10.8. The van der Waals surface area contributed by atoms with Crippen LogP contribution in [0.3, 0.4) is 0 Å². The molecule has 0 aliphatic carbocycles. The summed E-state index contributed by atoms with van der Waals surface area (Å²) < 4.78 is 5.54. The second-order valence-corrected chi connectivity index (χ2v) is 5.71. The molecule has 0 saturated carbocycles. The Morgan fingerprint density at radius 3 is 3.11 bits per heavy atom. The summed E-state index contributed by atoms with van der Waals surface area (Å²) in [7, 11) is 0. The van der Waals surface area contributed by atoms with E-state index in [1.54, 1.807) is 6.20 Å². The number of halogens is 1. The van der Waals surface area contributed by atoms with Crippen LogP contribution in [0.2, 0.25) is 5.02 Å². The van der Waals surface area contributed by atoms with E-state index in [9.17, 15) is 5.11 Å². The van der Waals surface area contributed by atoms with Crippen molar-refractivity contribution in [1.82, 2.24) is 4.98 Å². The molecule has 0 spiro atoms. The molecule has 4 nitrogen and oxygen atoms in total. The maximum atomic E-state index is 10.2. The van der Waals surface area contributed by atoms with Gasteiger partial charge in [0.15, 0.2) is 0 Å². The highest BCUT2D eigenvalue weighted by Crippen LogP contribution is 2.35. The van der Waals surface area contributed by atoms with E-state index in [0.29, 0.717) is 18.2 Å². The van der Waals surface area contributed by atoms with Crippen LogP contribution in [-0.4, -0.2) is 42.0 Å². The molecule has 1 aromatic heterocycles. The summed E-state index contributed by atoms with van der Waals surface area (Å²) >= 11 is 6.25.